The number of halogens is 4. The number of hydrogen-bond donors (Lipinski definition) is 2. The van der Waals surface area contributed by atoms with Crippen LogP contribution >= 0.6 is 11.6 Å². The van der Waals surface area contributed by atoms with Crippen LogP contribution in [0.3, 0.4) is 0 Å². The number of amides is 2. The molecular formula is C28H31ClF3N5O3. The Morgan fingerprint density at radius 2 is 1.95 bits per heavy atom. The van der Waals surface area contributed by atoms with E-state index >= 15 is 0 Å². The van der Waals surface area contributed by atoms with Crippen molar-refractivity contribution >= 4 is 28.9 Å². The lowest BCUT2D eigenvalue weighted by Crippen LogP contribution is -2.60. The SMILES string of the molecule is CC(C)(C)[C@H](NC(=O)C(F)(F)F)C(=O)N[C@@H]1CN(C2OC2c2cccn3cncc23)CC[C@H]1c1cccc(Cl)c1. The Morgan fingerprint density at radius 1 is 1.18 bits per heavy atom. The fourth-order valence-electron chi connectivity index (χ4n) is 5.47. The standard InChI is InChI=1S/C28H31ClF3N5O3/c1-27(2,3)23(35-26(39)28(30,31)32)24(38)34-20-14-36(11-9-18(20)16-6-4-7-17(29)12-16)25-22(40-25)19-8-5-10-37-15-33-13-21(19)37/h4-8,10,12-13,15,18,20,22-23,25H,9,11,14H2,1-3H3,(H,34,38)(H,35,39)/t18-,20+,22?,23+,25?/m0/s1. The van der Waals surface area contributed by atoms with Gasteiger partial charge >= 0.3 is 12.1 Å². The van der Waals surface area contributed by atoms with Crippen LogP contribution in [0.1, 0.15) is 50.3 Å². The first-order valence-corrected chi connectivity index (χ1v) is 13.4. The van der Waals surface area contributed by atoms with Gasteiger partial charge in [0.2, 0.25) is 5.91 Å². The van der Waals surface area contributed by atoms with Crippen molar-refractivity contribution in [1.82, 2.24) is 24.9 Å². The highest BCUT2D eigenvalue weighted by atomic mass is 35.5. The number of imidazole rings is 1. The third-order valence-electron chi connectivity index (χ3n) is 7.53. The largest absolute Gasteiger partial charge is 0.471 e. The molecule has 2 aliphatic heterocycles. The number of rotatable bonds is 6. The minimum atomic E-state index is -5.11. The zero-order valence-corrected chi connectivity index (χ0v) is 23.0. The molecule has 12 heteroatoms. The van der Waals surface area contributed by atoms with Crippen molar-refractivity contribution in [2.75, 3.05) is 13.1 Å². The first-order chi connectivity index (χ1) is 18.8. The van der Waals surface area contributed by atoms with Crippen LogP contribution in [0.5, 0.6) is 0 Å². The first kappa shape index (κ1) is 28.4. The zero-order valence-electron chi connectivity index (χ0n) is 22.3. The molecule has 0 bridgehead atoms. The van der Waals surface area contributed by atoms with Gasteiger partial charge in [-0.25, -0.2) is 4.98 Å². The lowest BCUT2D eigenvalue weighted by atomic mass is 9.83. The number of epoxide rings is 1. The van der Waals surface area contributed by atoms with E-state index in [1.165, 1.54) is 0 Å². The number of fused-ring (bicyclic) bond motifs is 1. The highest BCUT2D eigenvalue weighted by Gasteiger charge is 2.49. The molecule has 0 saturated carbocycles. The predicted octanol–water partition coefficient (Wildman–Crippen LogP) is 4.45. The zero-order chi connectivity index (χ0) is 28.8. The van der Waals surface area contributed by atoms with E-state index in [0.29, 0.717) is 24.5 Å². The number of carbonyl (C=O) groups is 2. The van der Waals surface area contributed by atoms with E-state index in [-0.39, 0.29) is 18.2 Å². The molecule has 214 valence electrons. The van der Waals surface area contributed by atoms with Crippen LogP contribution in [0.25, 0.3) is 5.52 Å². The van der Waals surface area contributed by atoms with Gasteiger partial charge in [0.05, 0.1) is 18.0 Å². The molecule has 2 N–H and O–H groups in total. The summed E-state index contributed by atoms with van der Waals surface area (Å²) < 4.78 is 47.2. The van der Waals surface area contributed by atoms with Gasteiger partial charge in [0.25, 0.3) is 0 Å². The van der Waals surface area contributed by atoms with Crippen LogP contribution < -0.4 is 10.6 Å². The Bertz CT molecular complexity index is 1410. The van der Waals surface area contributed by atoms with Gasteiger partial charge < -0.3 is 19.8 Å². The summed E-state index contributed by atoms with van der Waals surface area (Å²) in [6, 6.07) is 9.41. The van der Waals surface area contributed by atoms with Gasteiger partial charge in [-0.05, 0) is 35.6 Å². The fourth-order valence-corrected chi connectivity index (χ4v) is 5.67. The third kappa shape index (κ3) is 5.96. The summed E-state index contributed by atoms with van der Waals surface area (Å²) in [6.07, 6.45) is 0.576. The van der Waals surface area contributed by atoms with E-state index in [1.807, 2.05) is 46.2 Å². The number of hydrogen-bond acceptors (Lipinski definition) is 5. The van der Waals surface area contributed by atoms with E-state index in [4.69, 9.17) is 16.3 Å². The molecule has 3 aromatic rings. The van der Waals surface area contributed by atoms with Crippen molar-refractivity contribution in [3.8, 4) is 0 Å². The number of aromatic nitrogens is 2. The first-order valence-electron chi connectivity index (χ1n) is 13.1. The molecule has 2 aromatic heterocycles. The van der Waals surface area contributed by atoms with Crippen LogP contribution in [0.2, 0.25) is 5.02 Å². The number of ether oxygens (including phenoxy) is 1. The quantitative estimate of drug-likeness (QED) is 0.422. The van der Waals surface area contributed by atoms with Crippen LogP contribution in [0, 0.1) is 5.41 Å². The number of nitrogens with zero attached hydrogens (tertiary/aromatic N) is 3. The molecule has 5 atom stereocenters. The lowest BCUT2D eigenvalue weighted by molar-refractivity contribution is -0.175. The summed E-state index contributed by atoms with van der Waals surface area (Å²) in [5.41, 5.74) is 1.90. The van der Waals surface area contributed by atoms with Gasteiger partial charge in [-0.3, -0.25) is 14.5 Å². The molecule has 4 heterocycles. The Hall–Kier alpha value is -3.15. The predicted molar refractivity (Wildman–Crippen MR) is 143 cm³/mol. The van der Waals surface area contributed by atoms with Gasteiger partial charge in [-0.1, -0.05) is 50.6 Å². The molecule has 5 rings (SSSR count). The molecule has 0 radical (unpaired) electrons. The molecule has 1 aromatic carbocycles. The van der Waals surface area contributed by atoms with Crippen LogP contribution in [0.15, 0.2) is 55.1 Å². The summed E-state index contributed by atoms with van der Waals surface area (Å²) in [7, 11) is 0. The molecule has 8 nitrogen and oxygen atoms in total. The second-order valence-corrected chi connectivity index (χ2v) is 11.9. The molecule has 2 fully saturated rings. The average Bonchev–Trinajstić information content (AvgIpc) is 3.52. The Morgan fingerprint density at radius 3 is 2.65 bits per heavy atom. The van der Waals surface area contributed by atoms with Gasteiger partial charge in [0.1, 0.15) is 18.4 Å². The summed E-state index contributed by atoms with van der Waals surface area (Å²) in [4.78, 5) is 31.6. The highest BCUT2D eigenvalue weighted by Crippen LogP contribution is 2.44. The van der Waals surface area contributed by atoms with E-state index in [2.05, 4.69) is 15.2 Å². The summed E-state index contributed by atoms with van der Waals surface area (Å²) in [6.45, 7) is 5.90. The topological polar surface area (TPSA) is 91.3 Å². The smallest absolute Gasteiger partial charge is 0.350 e. The summed E-state index contributed by atoms with van der Waals surface area (Å²) in [5.74, 6) is -2.97. The Kier molecular flexibility index (Phi) is 7.58. The van der Waals surface area contributed by atoms with Crippen molar-refractivity contribution in [3.63, 3.8) is 0 Å². The summed E-state index contributed by atoms with van der Waals surface area (Å²) in [5, 5.41) is 5.41. The number of pyridine rings is 1. The van der Waals surface area contributed by atoms with Crippen LogP contribution in [-0.2, 0) is 14.3 Å². The second kappa shape index (κ2) is 10.7. The number of nitrogens with one attached hydrogen (secondary N) is 2. The van der Waals surface area contributed by atoms with Gasteiger partial charge in [-0.2, -0.15) is 13.2 Å². The monoisotopic (exact) mass is 577 g/mol. The summed E-state index contributed by atoms with van der Waals surface area (Å²) >= 11 is 6.26. The minimum Gasteiger partial charge on any atom is -0.350 e. The van der Waals surface area contributed by atoms with E-state index < -0.39 is 35.5 Å². The Labute approximate surface area is 234 Å². The molecule has 2 saturated heterocycles. The maximum atomic E-state index is 13.5. The van der Waals surface area contributed by atoms with Crippen molar-refractivity contribution < 1.29 is 27.5 Å². The van der Waals surface area contributed by atoms with Crippen LogP contribution in [0.4, 0.5) is 13.2 Å². The number of piperidine rings is 1. The molecule has 2 aliphatic rings. The van der Waals surface area contributed by atoms with E-state index in [9.17, 15) is 22.8 Å². The highest BCUT2D eigenvalue weighted by molar-refractivity contribution is 6.30. The number of benzene rings is 1. The minimum absolute atomic E-state index is 0.145. The van der Waals surface area contributed by atoms with E-state index in [1.54, 1.807) is 39.4 Å². The van der Waals surface area contributed by atoms with Gasteiger partial charge in [0, 0.05) is 41.8 Å². The van der Waals surface area contributed by atoms with Crippen molar-refractivity contribution in [1.29, 1.82) is 0 Å². The molecule has 2 amide bonds. The van der Waals surface area contributed by atoms with Gasteiger partial charge in [-0.15, -0.1) is 0 Å². The van der Waals surface area contributed by atoms with Crippen molar-refractivity contribution in [2.24, 2.45) is 5.41 Å². The van der Waals surface area contributed by atoms with Crippen molar-refractivity contribution in [3.05, 3.63) is 71.3 Å². The molecule has 0 spiro atoms. The molecule has 2 unspecified atom stereocenters. The van der Waals surface area contributed by atoms with Crippen LogP contribution in [-0.4, -0.2) is 63.7 Å². The molecular weight excluding hydrogens is 547 g/mol. The van der Waals surface area contributed by atoms with Crippen molar-refractivity contribution in [2.45, 2.75) is 63.7 Å². The normalized spacial score (nSPS) is 24.5. The number of carbonyl (C=O) groups excluding carboxylic acids is 2. The van der Waals surface area contributed by atoms with Gasteiger partial charge in [0.15, 0.2) is 0 Å². The number of likely N-dealkylation sites (tertiary alicyclic amines) is 1. The van der Waals surface area contributed by atoms with E-state index in [0.717, 1.165) is 16.6 Å². The fraction of sp³-hybridized carbons (Fsp3) is 0.464. The lowest BCUT2D eigenvalue weighted by Gasteiger charge is -2.40. The maximum Gasteiger partial charge on any atom is 0.471 e. The third-order valence-corrected chi connectivity index (χ3v) is 7.76. The average molecular weight is 578 g/mol. The second-order valence-electron chi connectivity index (χ2n) is 11.4. The molecule has 40 heavy (non-hydrogen) atoms. The number of alkyl halides is 3. The maximum absolute atomic E-state index is 13.5. The molecule has 0 aliphatic carbocycles. The Balaban J connectivity index is 1.37.